The Hall–Kier alpha value is -2.44. The van der Waals surface area contributed by atoms with Gasteiger partial charge in [0.2, 0.25) is 0 Å². The number of rotatable bonds is 5. The van der Waals surface area contributed by atoms with E-state index >= 15 is 0 Å². The zero-order valence-electron chi connectivity index (χ0n) is 14.5. The summed E-state index contributed by atoms with van der Waals surface area (Å²) in [6.07, 6.45) is 1.94. The summed E-state index contributed by atoms with van der Waals surface area (Å²) in [5.41, 5.74) is 3.23. The average molecular weight is 367 g/mol. The van der Waals surface area contributed by atoms with E-state index in [-0.39, 0.29) is 10.6 Å². The molecule has 0 spiro atoms. The monoisotopic (exact) mass is 367 g/mol. The summed E-state index contributed by atoms with van der Waals surface area (Å²) in [5, 5.41) is 0. The molecule has 2 heterocycles. The summed E-state index contributed by atoms with van der Waals surface area (Å²) in [6, 6.07) is 17.7. The van der Waals surface area contributed by atoms with Gasteiger partial charge in [-0.1, -0.05) is 42.5 Å². The molecule has 2 aromatic carbocycles. The molecule has 0 bridgehead atoms. The van der Waals surface area contributed by atoms with Crippen LogP contribution in [-0.2, 0) is 19.5 Å². The van der Waals surface area contributed by atoms with Crippen molar-refractivity contribution in [3.8, 4) is 5.69 Å². The zero-order valence-corrected chi connectivity index (χ0v) is 15.3. The van der Waals surface area contributed by atoms with E-state index in [0.29, 0.717) is 12.2 Å². The molecule has 134 valence electrons. The lowest BCUT2D eigenvalue weighted by Crippen LogP contribution is -2.32. The van der Waals surface area contributed by atoms with Crippen LogP contribution in [0.1, 0.15) is 17.5 Å². The van der Waals surface area contributed by atoms with E-state index in [1.54, 1.807) is 16.1 Å². The standard InChI is InChI=1S/C20H21N3O2S/c24-19-22(26-20(25)23(19)18-9-2-1-3-10-18)13-6-12-21-14-11-16-7-4-5-8-17(16)15-21/h1-5,7-10H,6,11-15H2. The van der Waals surface area contributed by atoms with Crippen LogP contribution in [0.4, 0.5) is 0 Å². The molecule has 0 fully saturated rings. The lowest BCUT2D eigenvalue weighted by molar-refractivity contribution is 0.247. The minimum Gasteiger partial charge on any atom is -0.299 e. The summed E-state index contributed by atoms with van der Waals surface area (Å²) in [4.78, 5) is 27.0. The van der Waals surface area contributed by atoms with Crippen molar-refractivity contribution in [3.63, 3.8) is 0 Å². The van der Waals surface area contributed by atoms with Gasteiger partial charge in [-0.3, -0.25) is 9.69 Å². The number of aromatic nitrogens is 2. The molecule has 0 saturated carbocycles. The zero-order chi connectivity index (χ0) is 17.9. The smallest absolute Gasteiger partial charge is 0.299 e. The van der Waals surface area contributed by atoms with Crippen LogP contribution < -0.4 is 10.6 Å². The Morgan fingerprint density at radius 3 is 2.42 bits per heavy atom. The number of nitrogens with zero attached hydrogens (tertiary/aromatic N) is 3. The quantitative estimate of drug-likeness (QED) is 0.696. The van der Waals surface area contributed by atoms with Crippen molar-refractivity contribution >= 4 is 11.5 Å². The molecule has 0 saturated heterocycles. The van der Waals surface area contributed by atoms with Crippen LogP contribution >= 0.6 is 11.5 Å². The average Bonchev–Trinajstić information content (AvgIpc) is 2.96. The molecule has 0 amide bonds. The van der Waals surface area contributed by atoms with Crippen LogP contribution in [0.25, 0.3) is 5.69 Å². The van der Waals surface area contributed by atoms with Gasteiger partial charge in [0.1, 0.15) is 0 Å². The van der Waals surface area contributed by atoms with Crippen LogP contribution in [0, 0.1) is 0 Å². The fourth-order valence-electron chi connectivity index (χ4n) is 3.48. The number of hydrogen-bond acceptors (Lipinski definition) is 4. The van der Waals surface area contributed by atoms with Crippen molar-refractivity contribution in [1.29, 1.82) is 0 Å². The number of hydrogen-bond donors (Lipinski definition) is 0. The number of benzene rings is 2. The van der Waals surface area contributed by atoms with Crippen LogP contribution in [0.5, 0.6) is 0 Å². The van der Waals surface area contributed by atoms with Crippen molar-refractivity contribution in [2.24, 2.45) is 0 Å². The first-order valence-corrected chi connectivity index (χ1v) is 9.67. The van der Waals surface area contributed by atoms with E-state index < -0.39 is 0 Å². The molecule has 0 N–H and O–H groups in total. The number of fused-ring (bicyclic) bond motifs is 1. The summed E-state index contributed by atoms with van der Waals surface area (Å²) in [5.74, 6) is 0. The van der Waals surface area contributed by atoms with Gasteiger partial charge in [0.15, 0.2) is 0 Å². The lowest BCUT2D eigenvalue weighted by Gasteiger charge is -2.28. The third kappa shape index (κ3) is 3.43. The minimum atomic E-state index is -0.241. The van der Waals surface area contributed by atoms with Crippen molar-refractivity contribution in [2.75, 3.05) is 13.1 Å². The van der Waals surface area contributed by atoms with E-state index in [1.807, 2.05) is 18.2 Å². The second kappa shape index (κ2) is 7.43. The summed E-state index contributed by atoms with van der Waals surface area (Å²) >= 11 is 1.00. The Morgan fingerprint density at radius 1 is 0.885 bits per heavy atom. The van der Waals surface area contributed by atoms with Gasteiger partial charge in [-0.25, -0.2) is 13.3 Å². The highest BCUT2D eigenvalue weighted by Crippen LogP contribution is 2.18. The molecule has 0 radical (unpaired) electrons. The Kier molecular flexibility index (Phi) is 4.86. The Balaban J connectivity index is 1.41. The summed E-state index contributed by atoms with van der Waals surface area (Å²) in [6.45, 7) is 3.52. The van der Waals surface area contributed by atoms with Crippen LogP contribution in [0.3, 0.4) is 0 Å². The highest BCUT2D eigenvalue weighted by Gasteiger charge is 2.16. The first-order chi connectivity index (χ1) is 12.7. The molecule has 26 heavy (non-hydrogen) atoms. The van der Waals surface area contributed by atoms with E-state index in [2.05, 4.69) is 29.2 Å². The van der Waals surface area contributed by atoms with Gasteiger partial charge in [0.25, 0.3) is 0 Å². The first-order valence-electron chi connectivity index (χ1n) is 8.90. The molecular weight excluding hydrogens is 346 g/mol. The van der Waals surface area contributed by atoms with Crippen LogP contribution in [0.2, 0.25) is 0 Å². The second-order valence-electron chi connectivity index (χ2n) is 6.56. The fourth-order valence-corrected chi connectivity index (χ4v) is 4.31. The maximum Gasteiger partial charge on any atom is 0.345 e. The highest BCUT2D eigenvalue weighted by atomic mass is 32.1. The molecule has 0 atom stereocenters. The second-order valence-corrected chi connectivity index (χ2v) is 7.53. The molecule has 1 aliphatic heterocycles. The Morgan fingerprint density at radius 2 is 1.62 bits per heavy atom. The van der Waals surface area contributed by atoms with Gasteiger partial charge in [0, 0.05) is 37.7 Å². The van der Waals surface area contributed by atoms with Gasteiger partial charge >= 0.3 is 10.6 Å². The van der Waals surface area contributed by atoms with Gasteiger partial charge in [-0.05, 0) is 36.1 Å². The van der Waals surface area contributed by atoms with Gasteiger partial charge in [0.05, 0.1) is 5.69 Å². The van der Waals surface area contributed by atoms with Gasteiger partial charge in [-0.15, -0.1) is 0 Å². The summed E-state index contributed by atoms with van der Waals surface area (Å²) in [7, 11) is 0. The number of aryl methyl sites for hydroxylation is 1. The van der Waals surface area contributed by atoms with Gasteiger partial charge in [-0.2, -0.15) is 0 Å². The third-order valence-corrected chi connectivity index (χ3v) is 5.73. The van der Waals surface area contributed by atoms with Crippen molar-refractivity contribution in [3.05, 3.63) is 85.9 Å². The SMILES string of the molecule is O=c1sn(CCCN2CCc3ccccc3C2)c(=O)n1-c1ccccc1. The van der Waals surface area contributed by atoms with Crippen LogP contribution in [0.15, 0.2) is 64.2 Å². The topological polar surface area (TPSA) is 47.2 Å². The number of para-hydroxylation sites is 1. The molecule has 1 aromatic heterocycles. The first kappa shape index (κ1) is 17.0. The van der Waals surface area contributed by atoms with Gasteiger partial charge < -0.3 is 0 Å². The molecule has 4 rings (SSSR count). The molecule has 0 aliphatic carbocycles. The molecular formula is C20H21N3O2S. The molecule has 3 aromatic rings. The molecule has 1 aliphatic rings. The lowest BCUT2D eigenvalue weighted by atomic mass is 10.00. The van der Waals surface area contributed by atoms with Crippen molar-refractivity contribution in [1.82, 2.24) is 13.4 Å². The predicted molar refractivity (Wildman–Crippen MR) is 104 cm³/mol. The highest BCUT2D eigenvalue weighted by molar-refractivity contribution is 7.03. The largest absolute Gasteiger partial charge is 0.345 e. The minimum absolute atomic E-state index is 0.229. The van der Waals surface area contributed by atoms with E-state index in [1.165, 1.54) is 15.7 Å². The molecule has 0 unspecified atom stereocenters. The van der Waals surface area contributed by atoms with E-state index in [9.17, 15) is 9.59 Å². The third-order valence-electron chi connectivity index (χ3n) is 4.84. The normalized spacial score (nSPS) is 14.3. The molecule has 5 nitrogen and oxygen atoms in total. The van der Waals surface area contributed by atoms with E-state index in [4.69, 9.17) is 0 Å². The van der Waals surface area contributed by atoms with Crippen LogP contribution in [-0.4, -0.2) is 26.5 Å². The maximum atomic E-state index is 12.6. The maximum absolute atomic E-state index is 12.6. The van der Waals surface area contributed by atoms with Crippen molar-refractivity contribution in [2.45, 2.75) is 25.9 Å². The fraction of sp³-hybridized carbons (Fsp3) is 0.300. The Labute approximate surface area is 155 Å². The van der Waals surface area contributed by atoms with E-state index in [0.717, 1.165) is 44.0 Å². The summed E-state index contributed by atoms with van der Waals surface area (Å²) < 4.78 is 2.83. The molecule has 6 heteroatoms. The Bertz CT molecular complexity index is 1000. The predicted octanol–water partition coefficient (Wildman–Crippen LogP) is 2.51. The van der Waals surface area contributed by atoms with Crippen molar-refractivity contribution < 1.29 is 0 Å².